The maximum atomic E-state index is 11.4. The molecule has 0 aromatic rings. The number of hydrogen-bond donors (Lipinski definition) is 0. The van der Waals surface area contributed by atoms with Gasteiger partial charge in [0.2, 0.25) is 0 Å². The molecule has 0 aromatic carbocycles. The molecule has 0 saturated heterocycles. The Labute approximate surface area is 81.9 Å². The number of unbranched alkanes of at least 4 members (excludes halogenated alkanes) is 1. The Morgan fingerprint density at radius 1 is 1.15 bits per heavy atom. The second-order valence-corrected chi connectivity index (χ2v) is 4.13. The van der Waals surface area contributed by atoms with E-state index in [2.05, 4.69) is 6.92 Å². The van der Waals surface area contributed by atoms with Crippen LogP contribution in [0.3, 0.4) is 0 Å². The zero-order chi connectivity index (χ0) is 9.52. The second-order valence-electron chi connectivity index (χ2n) is 4.13. The van der Waals surface area contributed by atoms with Crippen molar-refractivity contribution in [3.8, 4) is 0 Å². The molecule has 1 radical (unpaired) electrons. The summed E-state index contributed by atoms with van der Waals surface area (Å²) in [5.41, 5.74) is 0. The van der Waals surface area contributed by atoms with Gasteiger partial charge in [-0.25, -0.2) is 0 Å². The first kappa shape index (κ1) is 10.7. The van der Waals surface area contributed by atoms with E-state index in [1.165, 1.54) is 44.4 Å². The van der Waals surface area contributed by atoms with Crippen LogP contribution >= 0.6 is 0 Å². The summed E-state index contributed by atoms with van der Waals surface area (Å²) in [6.45, 7) is 2.21. The average molecular weight is 181 g/mol. The minimum atomic E-state index is 0.478. The third-order valence-corrected chi connectivity index (χ3v) is 2.82. The monoisotopic (exact) mass is 181 g/mol. The molecule has 1 aliphatic rings. The molecule has 13 heavy (non-hydrogen) atoms. The molecule has 0 unspecified atom stereocenters. The van der Waals surface area contributed by atoms with Crippen molar-refractivity contribution >= 4 is 5.78 Å². The Kier molecular flexibility index (Phi) is 5.10. The molecular weight excluding hydrogens is 160 g/mol. The van der Waals surface area contributed by atoms with Crippen LogP contribution in [0.2, 0.25) is 0 Å². The van der Waals surface area contributed by atoms with Crippen LogP contribution in [0, 0.1) is 5.92 Å². The molecule has 0 spiro atoms. The van der Waals surface area contributed by atoms with E-state index in [0.29, 0.717) is 5.78 Å². The van der Waals surface area contributed by atoms with Crippen molar-refractivity contribution in [1.29, 1.82) is 0 Å². The van der Waals surface area contributed by atoms with Gasteiger partial charge in [0.15, 0.2) is 0 Å². The van der Waals surface area contributed by atoms with E-state index in [1.807, 2.05) is 0 Å². The number of Topliss-reactive ketones (excluding diaryl/α,β-unsaturated/α-hetero) is 1. The van der Waals surface area contributed by atoms with Crippen LogP contribution in [0.15, 0.2) is 0 Å². The molecule has 0 N–H and O–H groups in total. The Balaban J connectivity index is 2.28. The van der Waals surface area contributed by atoms with E-state index in [4.69, 9.17) is 0 Å². The van der Waals surface area contributed by atoms with Crippen LogP contribution in [0.25, 0.3) is 0 Å². The van der Waals surface area contributed by atoms with Crippen LogP contribution in [0.5, 0.6) is 0 Å². The second kappa shape index (κ2) is 6.17. The number of ketones is 1. The number of carbonyl (C=O) groups is 1. The molecule has 0 aliphatic heterocycles. The smallest absolute Gasteiger partial charge is 0.133 e. The zero-order valence-corrected chi connectivity index (χ0v) is 8.77. The topological polar surface area (TPSA) is 17.1 Å². The van der Waals surface area contributed by atoms with E-state index >= 15 is 0 Å². The largest absolute Gasteiger partial charge is 0.300 e. The van der Waals surface area contributed by atoms with E-state index in [0.717, 1.165) is 19.3 Å². The van der Waals surface area contributed by atoms with Gasteiger partial charge in [0.25, 0.3) is 0 Å². The molecule has 75 valence electrons. The van der Waals surface area contributed by atoms with Crippen molar-refractivity contribution in [2.75, 3.05) is 0 Å². The summed E-state index contributed by atoms with van der Waals surface area (Å²) in [7, 11) is 0. The Morgan fingerprint density at radius 2 is 1.92 bits per heavy atom. The number of rotatable bonds is 3. The summed E-state index contributed by atoms with van der Waals surface area (Å²) in [6.07, 6.45) is 10.2. The number of hydrogen-bond acceptors (Lipinski definition) is 1. The Bertz CT molecular complexity index is 149. The summed E-state index contributed by atoms with van der Waals surface area (Å²) in [5.74, 6) is 2.00. The lowest BCUT2D eigenvalue weighted by Gasteiger charge is -2.17. The zero-order valence-electron chi connectivity index (χ0n) is 8.77. The van der Waals surface area contributed by atoms with Crippen LogP contribution in [0.4, 0.5) is 0 Å². The highest BCUT2D eigenvalue weighted by atomic mass is 16.1. The van der Waals surface area contributed by atoms with Crippen molar-refractivity contribution in [2.45, 2.75) is 64.7 Å². The van der Waals surface area contributed by atoms with Gasteiger partial charge in [0.1, 0.15) is 5.78 Å². The molecule has 0 amide bonds. The van der Waals surface area contributed by atoms with Gasteiger partial charge in [-0.15, -0.1) is 0 Å². The molecule has 0 atom stereocenters. The highest BCUT2D eigenvalue weighted by Gasteiger charge is 2.15. The molecule has 1 aliphatic carbocycles. The molecule has 1 fully saturated rings. The van der Waals surface area contributed by atoms with Gasteiger partial charge in [0, 0.05) is 12.8 Å². The summed E-state index contributed by atoms with van der Waals surface area (Å²) >= 11 is 0. The lowest BCUT2D eigenvalue weighted by atomic mass is 9.87. The molecule has 1 rings (SSSR count). The normalized spacial score (nSPS) is 21.2. The van der Waals surface area contributed by atoms with E-state index < -0.39 is 0 Å². The van der Waals surface area contributed by atoms with Gasteiger partial charge in [-0.1, -0.05) is 32.6 Å². The van der Waals surface area contributed by atoms with Crippen molar-refractivity contribution in [3.05, 3.63) is 5.92 Å². The molecule has 0 heterocycles. The minimum Gasteiger partial charge on any atom is -0.300 e. The Hall–Kier alpha value is -0.330. The lowest BCUT2D eigenvalue weighted by Crippen LogP contribution is -2.09. The standard InChI is InChI=1S/C12H21O/c1-2-3-7-11-8-5-4-6-9-12(13)10-11/h2-10H2,1H3. The molecular formula is C12H21O. The molecule has 0 bridgehead atoms. The molecule has 0 aromatic heterocycles. The lowest BCUT2D eigenvalue weighted by molar-refractivity contribution is -0.119. The first-order valence-corrected chi connectivity index (χ1v) is 5.68. The average Bonchev–Trinajstić information content (AvgIpc) is 2.09. The van der Waals surface area contributed by atoms with Crippen LogP contribution in [-0.4, -0.2) is 5.78 Å². The van der Waals surface area contributed by atoms with E-state index in [9.17, 15) is 4.79 Å². The van der Waals surface area contributed by atoms with Crippen LogP contribution < -0.4 is 0 Å². The van der Waals surface area contributed by atoms with Gasteiger partial charge in [-0.3, -0.25) is 4.79 Å². The van der Waals surface area contributed by atoms with Crippen LogP contribution in [0.1, 0.15) is 64.7 Å². The fraction of sp³-hybridized carbons (Fsp3) is 0.833. The Morgan fingerprint density at radius 3 is 2.69 bits per heavy atom. The molecule has 1 nitrogen and oxygen atoms in total. The van der Waals surface area contributed by atoms with E-state index in [1.54, 1.807) is 0 Å². The van der Waals surface area contributed by atoms with Crippen molar-refractivity contribution in [1.82, 2.24) is 0 Å². The first-order chi connectivity index (χ1) is 6.33. The predicted octanol–water partition coefficient (Wildman–Crippen LogP) is 3.67. The highest BCUT2D eigenvalue weighted by molar-refractivity contribution is 5.80. The maximum Gasteiger partial charge on any atom is 0.133 e. The molecule has 1 heteroatoms. The summed E-state index contributed by atoms with van der Waals surface area (Å²) in [6, 6.07) is 0. The first-order valence-electron chi connectivity index (χ1n) is 5.68. The number of carbonyl (C=O) groups excluding carboxylic acids is 1. The van der Waals surface area contributed by atoms with Gasteiger partial charge in [0.05, 0.1) is 0 Å². The van der Waals surface area contributed by atoms with Crippen molar-refractivity contribution in [3.63, 3.8) is 0 Å². The fourth-order valence-corrected chi connectivity index (χ4v) is 1.97. The fourth-order valence-electron chi connectivity index (χ4n) is 1.97. The third kappa shape index (κ3) is 4.44. The highest BCUT2D eigenvalue weighted by Crippen LogP contribution is 2.26. The van der Waals surface area contributed by atoms with Gasteiger partial charge < -0.3 is 0 Å². The van der Waals surface area contributed by atoms with Crippen LogP contribution in [-0.2, 0) is 4.79 Å². The van der Waals surface area contributed by atoms with Gasteiger partial charge in [-0.05, 0) is 25.2 Å². The maximum absolute atomic E-state index is 11.4. The summed E-state index contributed by atoms with van der Waals surface area (Å²) < 4.78 is 0. The van der Waals surface area contributed by atoms with Crippen molar-refractivity contribution < 1.29 is 4.79 Å². The summed E-state index contributed by atoms with van der Waals surface area (Å²) in [5, 5.41) is 0. The van der Waals surface area contributed by atoms with Gasteiger partial charge in [-0.2, -0.15) is 0 Å². The predicted molar refractivity (Wildman–Crippen MR) is 55.5 cm³/mol. The SMILES string of the molecule is CCCC[C]1CCCCCC(=O)C1. The molecule has 1 saturated carbocycles. The van der Waals surface area contributed by atoms with Gasteiger partial charge >= 0.3 is 0 Å². The van der Waals surface area contributed by atoms with Crippen molar-refractivity contribution in [2.24, 2.45) is 0 Å². The minimum absolute atomic E-state index is 0.478. The van der Waals surface area contributed by atoms with E-state index in [-0.39, 0.29) is 0 Å². The third-order valence-electron chi connectivity index (χ3n) is 2.82. The summed E-state index contributed by atoms with van der Waals surface area (Å²) in [4.78, 5) is 11.4. The quantitative estimate of drug-likeness (QED) is 0.649.